The van der Waals surface area contributed by atoms with E-state index in [1.165, 1.54) is 23.0 Å². The van der Waals surface area contributed by atoms with Crippen molar-refractivity contribution in [3.05, 3.63) is 58.1 Å². The van der Waals surface area contributed by atoms with Crippen molar-refractivity contribution in [1.82, 2.24) is 29.3 Å². The van der Waals surface area contributed by atoms with E-state index >= 15 is 4.39 Å². The highest BCUT2D eigenvalue weighted by Gasteiger charge is 2.53. The highest BCUT2D eigenvalue weighted by molar-refractivity contribution is 7.23. The Labute approximate surface area is 316 Å². The van der Waals surface area contributed by atoms with Gasteiger partial charge in [0.05, 0.1) is 32.1 Å². The number of aromatic nitrogens is 4. The third-order valence-electron chi connectivity index (χ3n) is 11.8. The summed E-state index contributed by atoms with van der Waals surface area (Å²) in [5, 5.41) is 19.8. The molecule has 276 valence electrons. The van der Waals surface area contributed by atoms with E-state index in [9.17, 15) is 24.1 Å². The van der Waals surface area contributed by atoms with Gasteiger partial charge in [0.2, 0.25) is 0 Å². The fraction of sp³-hybridized carbons (Fsp3) is 0.405. The van der Waals surface area contributed by atoms with E-state index in [4.69, 9.17) is 27.1 Å². The largest absolute Gasteiger partial charge is 0.461 e. The number of benzene rings is 2. The molecule has 7 heterocycles. The Morgan fingerprint density at radius 2 is 1.98 bits per heavy atom. The number of thiophene rings is 1. The highest BCUT2D eigenvalue weighted by Crippen LogP contribution is 2.48. The number of ether oxygens (including phenoxy) is 1. The molecule has 2 N–H and O–H groups in total. The minimum absolute atomic E-state index is 0.0150. The predicted molar refractivity (Wildman–Crippen MR) is 196 cm³/mol. The van der Waals surface area contributed by atoms with Crippen molar-refractivity contribution >= 4 is 60.8 Å². The van der Waals surface area contributed by atoms with Crippen LogP contribution in [0.15, 0.2) is 24.5 Å². The molecule has 12 nitrogen and oxygen atoms in total. The third kappa shape index (κ3) is 5.03. The van der Waals surface area contributed by atoms with Gasteiger partial charge in [-0.25, -0.2) is 22.9 Å². The van der Waals surface area contributed by atoms with Crippen LogP contribution in [0.2, 0.25) is 5.02 Å². The molecule has 2 aromatic carbocycles. The molecule has 4 saturated heterocycles. The number of anilines is 2. The molecule has 0 radical (unpaired) electrons. The average molecular weight is 773 g/mol. The number of alkyl halides is 1. The van der Waals surface area contributed by atoms with Crippen molar-refractivity contribution in [3.8, 4) is 29.3 Å². The number of fused-ring (bicyclic) bond motifs is 3. The van der Waals surface area contributed by atoms with Crippen LogP contribution in [0.5, 0.6) is 6.01 Å². The number of nitrogen functional groups attached to an aromatic ring is 1. The molecule has 3 atom stereocenters. The Bertz CT molecular complexity index is 2510. The van der Waals surface area contributed by atoms with E-state index in [-0.39, 0.29) is 66.7 Å². The fourth-order valence-electron chi connectivity index (χ4n) is 9.01. The number of halogens is 4. The lowest BCUT2D eigenvalue weighted by Crippen LogP contribution is -2.64. The van der Waals surface area contributed by atoms with Gasteiger partial charge in [-0.2, -0.15) is 20.5 Å². The van der Waals surface area contributed by atoms with Gasteiger partial charge < -0.3 is 20.3 Å². The van der Waals surface area contributed by atoms with Gasteiger partial charge in [-0.15, -0.1) is 11.3 Å². The summed E-state index contributed by atoms with van der Waals surface area (Å²) in [7, 11) is 0. The summed E-state index contributed by atoms with van der Waals surface area (Å²) in [6.45, 7) is 4.20. The van der Waals surface area contributed by atoms with Crippen molar-refractivity contribution in [2.45, 2.75) is 56.3 Å². The van der Waals surface area contributed by atoms with Crippen molar-refractivity contribution in [2.24, 2.45) is 0 Å². The first-order chi connectivity index (χ1) is 26.0. The molecule has 0 unspecified atom stereocenters. The maximum Gasteiger partial charge on any atom is 0.330 e. The molecule has 4 fully saturated rings. The number of likely N-dealkylation sites (tertiary alicyclic amines) is 1. The second-order valence-electron chi connectivity index (χ2n) is 14.6. The number of nitrogens with zero attached hydrogens (tertiary/aromatic N) is 9. The quantitative estimate of drug-likeness (QED) is 0.208. The first kappa shape index (κ1) is 34.6. The maximum absolute atomic E-state index is 17.2. The van der Waals surface area contributed by atoms with E-state index in [2.05, 4.69) is 14.9 Å². The zero-order valence-corrected chi connectivity index (χ0v) is 30.6. The molecule has 17 heteroatoms. The molecule has 0 saturated carbocycles. The van der Waals surface area contributed by atoms with E-state index in [0.717, 1.165) is 30.7 Å². The second-order valence-corrected chi connectivity index (χ2v) is 16.1. The SMILES string of the molecule is Cc1c(C#N)ncn1C(=O)N1CC[C@@]12CCN(c1nc(OC[C@@]34CCCN3C[C@H](F)C4)nc3c(F)c(-c4ccc(F)c5sc(N)c(C#N)c45)c(Cl)cc13)C2. The van der Waals surface area contributed by atoms with Crippen molar-refractivity contribution in [3.63, 3.8) is 0 Å². The van der Waals surface area contributed by atoms with Crippen molar-refractivity contribution in [2.75, 3.05) is 50.0 Å². The van der Waals surface area contributed by atoms with Crippen LogP contribution in [-0.4, -0.2) is 91.9 Å². The molecule has 9 rings (SSSR count). The molecule has 0 aliphatic carbocycles. The number of amides is 1. The standard InChI is InChI=1S/C37H32ClF3N10O2S/c1-19-26(14-43)45-18-50(19)35(52)51-10-7-36(51)6-9-48(16-36)33-22-11-24(38)28(21-3-4-25(40)31-27(21)23(13-42)32(44)54-31)29(41)30(22)46-34(47-33)53-17-37-5-2-8-49(37)15-20(39)12-37/h3-4,11,18,20H,2,5-10,12,15-17,44H2,1H3/t20-,36-,37+/m1/s1. The number of rotatable bonds is 5. The lowest BCUT2D eigenvalue weighted by Gasteiger charge is -2.50. The van der Waals surface area contributed by atoms with Crippen LogP contribution >= 0.6 is 22.9 Å². The van der Waals surface area contributed by atoms with Crippen LogP contribution in [0.25, 0.3) is 32.1 Å². The van der Waals surface area contributed by atoms with Gasteiger partial charge in [-0.05, 0) is 56.8 Å². The number of imidazole rings is 1. The number of carbonyl (C=O) groups excluding carboxylic acids is 1. The molecule has 4 aliphatic rings. The zero-order valence-electron chi connectivity index (χ0n) is 29.0. The Morgan fingerprint density at radius 3 is 2.72 bits per heavy atom. The number of nitriles is 2. The summed E-state index contributed by atoms with van der Waals surface area (Å²) in [5.41, 5.74) is 5.66. The molecule has 0 bridgehead atoms. The first-order valence-corrected chi connectivity index (χ1v) is 18.8. The molecule has 4 aliphatic heterocycles. The Morgan fingerprint density at radius 1 is 1.17 bits per heavy atom. The normalized spacial score (nSPS) is 23.6. The van der Waals surface area contributed by atoms with Crippen LogP contribution in [-0.2, 0) is 0 Å². The lowest BCUT2D eigenvalue weighted by molar-refractivity contribution is 0.0413. The van der Waals surface area contributed by atoms with Crippen LogP contribution in [0.3, 0.4) is 0 Å². The second kappa shape index (κ2) is 12.4. The summed E-state index contributed by atoms with van der Waals surface area (Å²) < 4.78 is 54.6. The smallest absolute Gasteiger partial charge is 0.330 e. The third-order valence-corrected chi connectivity index (χ3v) is 13.2. The molecule has 1 amide bonds. The van der Waals surface area contributed by atoms with Gasteiger partial charge >= 0.3 is 12.0 Å². The number of carbonyl (C=O) groups is 1. The fourth-order valence-corrected chi connectivity index (χ4v) is 10.3. The average Bonchev–Trinajstić information content (AvgIpc) is 3.96. The van der Waals surface area contributed by atoms with E-state index in [0.29, 0.717) is 62.3 Å². The van der Waals surface area contributed by atoms with Gasteiger partial charge in [0.1, 0.15) is 53.4 Å². The molecule has 3 aromatic heterocycles. The molecule has 1 spiro atoms. The van der Waals surface area contributed by atoms with Crippen LogP contribution in [0, 0.1) is 41.2 Å². The van der Waals surface area contributed by atoms with E-state index in [1.807, 2.05) is 17.0 Å². The monoisotopic (exact) mass is 772 g/mol. The highest BCUT2D eigenvalue weighted by atomic mass is 35.5. The van der Waals surface area contributed by atoms with Gasteiger partial charge in [-0.3, -0.25) is 9.47 Å². The number of hydrogen-bond donors (Lipinski definition) is 1. The molecule has 5 aromatic rings. The summed E-state index contributed by atoms with van der Waals surface area (Å²) in [5.74, 6) is -1.08. The molecular weight excluding hydrogens is 741 g/mol. The van der Waals surface area contributed by atoms with Gasteiger partial charge in [0.25, 0.3) is 0 Å². The van der Waals surface area contributed by atoms with Crippen LogP contribution in [0.4, 0.5) is 28.8 Å². The predicted octanol–water partition coefficient (Wildman–Crippen LogP) is 6.55. The zero-order chi connectivity index (χ0) is 37.7. The van der Waals surface area contributed by atoms with Gasteiger partial charge in [0, 0.05) is 48.9 Å². The van der Waals surface area contributed by atoms with E-state index < -0.39 is 28.9 Å². The molecular formula is C37H32ClF3N10O2S. The summed E-state index contributed by atoms with van der Waals surface area (Å²) in [6, 6.07) is 7.75. The first-order valence-electron chi connectivity index (χ1n) is 17.6. The number of hydrogen-bond acceptors (Lipinski definition) is 11. The van der Waals surface area contributed by atoms with Gasteiger partial charge in [-0.1, -0.05) is 17.7 Å². The minimum atomic E-state index is -0.979. The Kier molecular flexibility index (Phi) is 7.97. The van der Waals surface area contributed by atoms with Crippen LogP contribution < -0.4 is 15.4 Å². The van der Waals surface area contributed by atoms with E-state index in [1.54, 1.807) is 17.9 Å². The summed E-state index contributed by atoms with van der Waals surface area (Å²) in [6.07, 6.45) is 3.66. The van der Waals surface area contributed by atoms with Gasteiger partial charge in [0.15, 0.2) is 11.5 Å². The molecule has 54 heavy (non-hydrogen) atoms. The number of nitrogens with two attached hydrogens (primary N) is 1. The summed E-state index contributed by atoms with van der Waals surface area (Å²) in [4.78, 5) is 33.0. The van der Waals surface area contributed by atoms with Crippen molar-refractivity contribution < 1.29 is 22.7 Å². The lowest BCUT2D eigenvalue weighted by atomic mass is 9.84. The van der Waals surface area contributed by atoms with Crippen LogP contribution in [0.1, 0.15) is 49.1 Å². The Hall–Kier alpha value is -5.16. The minimum Gasteiger partial charge on any atom is -0.461 e. The topological polar surface area (TPSA) is 153 Å². The Balaban J connectivity index is 1.14. The summed E-state index contributed by atoms with van der Waals surface area (Å²) >= 11 is 7.80. The maximum atomic E-state index is 17.2. The van der Waals surface area contributed by atoms with Crippen molar-refractivity contribution in [1.29, 1.82) is 10.5 Å².